The molecule has 1 N–H and O–H groups in total. The number of rotatable bonds is 2. The molecule has 0 saturated carbocycles. The average Bonchev–Trinajstić information content (AvgIpc) is 1.66. The quantitative estimate of drug-likeness (QED) is 0.426. The summed E-state index contributed by atoms with van der Waals surface area (Å²) < 4.78 is 0. The lowest BCUT2D eigenvalue weighted by Gasteiger charge is -1.78. The van der Waals surface area contributed by atoms with Gasteiger partial charge in [0.2, 0.25) is 0 Å². The van der Waals surface area contributed by atoms with Crippen LogP contribution in [0.5, 0.6) is 0 Å². The van der Waals surface area contributed by atoms with Crippen LogP contribution in [0.25, 0.3) is 0 Å². The lowest BCUT2D eigenvalue weighted by atomic mass is 10.3. The van der Waals surface area contributed by atoms with Crippen molar-refractivity contribution in [2.75, 3.05) is 0 Å². The molecule has 1 heteroatoms. The Labute approximate surface area is 49.7 Å². The molecule has 8 heavy (non-hydrogen) atoms. The van der Waals surface area contributed by atoms with Crippen LogP contribution in [0.3, 0.4) is 0 Å². The number of aliphatic hydroxyl groups excluding tert-OH is 1. The first-order valence-electron chi connectivity index (χ1n) is 2.40. The van der Waals surface area contributed by atoms with Gasteiger partial charge in [0.05, 0.1) is 6.26 Å². The van der Waals surface area contributed by atoms with E-state index in [0.717, 1.165) is 11.8 Å². The van der Waals surface area contributed by atoms with Crippen molar-refractivity contribution in [3.8, 4) is 0 Å². The Morgan fingerprint density at radius 2 is 2.12 bits per heavy atom. The summed E-state index contributed by atoms with van der Waals surface area (Å²) in [5, 5.41) is 8.12. The fourth-order valence-corrected chi connectivity index (χ4v) is 0.270. The summed E-state index contributed by atoms with van der Waals surface area (Å²) in [6, 6.07) is 0. The van der Waals surface area contributed by atoms with Crippen LogP contribution in [0.2, 0.25) is 0 Å². The maximum Gasteiger partial charge on any atom is 0.0791 e. The smallest absolute Gasteiger partial charge is 0.0791 e. The van der Waals surface area contributed by atoms with Crippen LogP contribution in [0.15, 0.2) is 36.6 Å². The van der Waals surface area contributed by atoms with Gasteiger partial charge in [-0.2, -0.15) is 0 Å². The molecule has 0 fully saturated rings. The molecular weight excluding hydrogens is 100 g/mol. The van der Waals surface area contributed by atoms with Crippen LogP contribution in [0.4, 0.5) is 0 Å². The van der Waals surface area contributed by atoms with E-state index in [1.165, 1.54) is 6.08 Å². The predicted molar refractivity (Wildman–Crippen MR) is 35.7 cm³/mol. The van der Waals surface area contributed by atoms with E-state index in [0.29, 0.717) is 0 Å². The zero-order valence-electron chi connectivity index (χ0n) is 4.96. The monoisotopic (exact) mass is 110 g/mol. The third-order valence-electron chi connectivity index (χ3n) is 0.578. The van der Waals surface area contributed by atoms with Crippen molar-refractivity contribution in [2.45, 2.75) is 6.92 Å². The van der Waals surface area contributed by atoms with Crippen molar-refractivity contribution in [3.63, 3.8) is 0 Å². The molecule has 0 unspecified atom stereocenters. The molecule has 0 spiro atoms. The molecule has 0 amide bonds. The molecule has 44 valence electrons. The summed E-state index contributed by atoms with van der Waals surface area (Å²) in [6.45, 7) is 5.52. The Balaban J connectivity index is 3.50. The average molecular weight is 110 g/mol. The van der Waals surface area contributed by atoms with E-state index in [1.807, 2.05) is 13.0 Å². The summed E-state index contributed by atoms with van der Waals surface area (Å²) in [6.07, 6.45) is 6.06. The number of hydrogen-bond acceptors (Lipinski definition) is 1. The molecule has 0 aromatic rings. The van der Waals surface area contributed by atoms with Crippen molar-refractivity contribution < 1.29 is 5.11 Å². The van der Waals surface area contributed by atoms with E-state index in [-0.39, 0.29) is 0 Å². The first kappa shape index (κ1) is 7.02. The van der Waals surface area contributed by atoms with Gasteiger partial charge in [0.15, 0.2) is 0 Å². The van der Waals surface area contributed by atoms with Crippen LogP contribution in [-0.4, -0.2) is 5.11 Å². The molecular formula is C7H10O. The lowest BCUT2D eigenvalue weighted by molar-refractivity contribution is 0.474. The van der Waals surface area contributed by atoms with Gasteiger partial charge >= 0.3 is 0 Å². The van der Waals surface area contributed by atoms with E-state index in [9.17, 15) is 0 Å². The minimum atomic E-state index is 0.975. The summed E-state index contributed by atoms with van der Waals surface area (Å²) in [5.74, 6) is 0. The van der Waals surface area contributed by atoms with Crippen molar-refractivity contribution in [3.05, 3.63) is 36.6 Å². The van der Waals surface area contributed by atoms with Gasteiger partial charge < -0.3 is 5.11 Å². The molecule has 0 heterocycles. The highest BCUT2D eigenvalue weighted by Gasteiger charge is 1.67. The first-order valence-corrected chi connectivity index (χ1v) is 2.40. The molecule has 0 aromatic carbocycles. The second-order valence-corrected chi connectivity index (χ2v) is 1.55. The fraction of sp³-hybridized carbons (Fsp3) is 0.143. The molecule has 0 saturated heterocycles. The topological polar surface area (TPSA) is 20.2 Å². The minimum Gasteiger partial charge on any atom is -0.516 e. The maximum absolute atomic E-state index is 8.12. The first-order chi connectivity index (χ1) is 3.77. The highest BCUT2D eigenvalue weighted by molar-refractivity contribution is 5.15. The Morgan fingerprint density at radius 3 is 2.50 bits per heavy atom. The molecule has 0 aliphatic carbocycles. The van der Waals surface area contributed by atoms with Crippen molar-refractivity contribution >= 4 is 0 Å². The minimum absolute atomic E-state index is 0.975. The van der Waals surface area contributed by atoms with Crippen LogP contribution in [0.1, 0.15) is 6.92 Å². The van der Waals surface area contributed by atoms with Gasteiger partial charge in [-0.15, -0.1) is 0 Å². The third kappa shape index (κ3) is 5.02. The molecule has 0 rings (SSSR count). The summed E-state index contributed by atoms with van der Waals surface area (Å²) >= 11 is 0. The molecule has 0 aliphatic rings. The van der Waals surface area contributed by atoms with E-state index in [1.54, 1.807) is 6.08 Å². The normalized spacial score (nSPS) is 11.1. The SMILES string of the molecule is C=C(C)/C=C\C=C\O. The van der Waals surface area contributed by atoms with Crippen molar-refractivity contribution in [1.29, 1.82) is 0 Å². The Morgan fingerprint density at radius 1 is 1.50 bits per heavy atom. The van der Waals surface area contributed by atoms with Gasteiger partial charge in [0.1, 0.15) is 0 Å². The Kier molecular flexibility index (Phi) is 3.67. The molecule has 0 radical (unpaired) electrons. The maximum atomic E-state index is 8.12. The van der Waals surface area contributed by atoms with E-state index < -0.39 is 0 Å². The zero-order valence-corrected chi connectivity index (χ0v) is 4.96. The van der Waals surface area contributed by atoms with Gasteiger partial charge in [-0.05, 0) is 13.0 Å². The van der Waals surface area contributed by atoms with Crippen LogP contribution in [-0.2, 0) is 0 Å². The second-order valence-electron chi connectivity index (χ2n) is 1.55. The molecule has 0 bridgehead atoms. The van der Waals surface area contributed by atoms with E-state index >= 15 is 0 Å². The largest absolute Gasteiger partial charge is 0.516 e. The number of aliphatic hydroxyl groups is 1. The summed E-state index contributed by atoms with van der Waals surface area (Å²) in [5.41, 5.74) is 0.975. The fourth-order valence-electron chi connectivity index (χ4n) is 0.270. The molecule has 1 nitrogen and oxygen atoms in total. The van der Waals surface area contributed by atoms with Gasteiger partial charge in [-0.25, -0.2) is 0 Å². The molecule has 0 aromatic heterocycles. The zero-order chi connectivity index (χ0) is 6.41. The molecule has 0 aliphatic heterocycles. The summed E-state index contributed by atoms with van der Waals surface area (Å²) in [4.78, 5) is 0. The standard InChI is InChI=1S/C7H10O/c1-7(2)5-3-4-6-8/h3-6,8H,1H2,2H3/b5-3-,6-4+. The Bertz CT molecular complexity index is 120. The van der Waals surface area contributed by atoms with Crippen molar-refractivity contribution in [1.82, 2.24) is 0 Å². The van der Waals surface area contributed by atoms with Crippen LogP contribution >= 0.6 is 0 Å². The number of hydrogen-bond donors (Lipinski definition) is 1. The number of allylic oxidation sites excluding steroid dienone is 4. The lowest BCUT2D eigenvalue weighted by Crippen LogP contribution is -1.57. The van der Waals surface area contributed by atoms with Crippen molar-refractivity contribution in [2.24, 2.45) is 0 Å². The highest BCUT2D eigenvalue weighted by Crippen LogP contribution is 1.87. The van der Waals surface area contributed by atoms with Gasteiger partial charge in [-0.3, -0.25) is 0 Å². The van der Waals surface area contributed by atoms with E-state index in [4.69, 9.17) is 5.11 Å². The Hall–Kier alpha value is -0.980. The highest BCUT2D eigenvalue weighted by atomic mass is 16.2. The third-order valence-corrected chi connectivity index (χ3v) is 0.578. The van der Waals surface area contributed by atoms with E-state index in [2.05, 4.69) is 6.58 Å². The van der Waals surface area contributed by atoms with Gasteiger partial charge in [0, 0.05) is 0 Å². The van der Waals surface area contributed by atoms with Gasteiger partial charge in [0.25, 0.3) is 0 Å². The predicted octanol–water partition coefficient (Wildman–Crippen LogP) is 2.19. The van der Waals surface area contributed by atoms with Crippen LogP contribution < -0.4 is 0 Å². The molecule has 0 atom stereocenters. The van der Waals surface area contributed by atoms with Crippen LogP contribution in [0, 0.1) is 0 Å². The van der Waals surface area contributed by atoms with Gasteiger partial charge in [-0.1, -0.05) is 24.3 Å². The second kappa shape index (κ2) is 4.19. The summed E-state index contributed by atoms with van der Waals surface area (Å²) in [7, 11) is 0.